The van der Waals surface area contributed by atoms with Crippen molar-refractivity contribution in [3.63, 3.8) is 0 Å². The quantitative estimate of drug-likeness (QED) is 0.471. The molecule has 0 aromatic carbocycles. The topological polar surface area (TPSA) is 12.0 Å². The second kappa shape index (κ2) is 1.03. The van der Waals surface area contributed by atoms with Crippen LogP contribution in [-0.4, -0.2) is 6.04 Å². The zero-order valence-corrected chi connectivity index (χ0v) is 4.22. The van der Waals surface area contributed by atoms with E-state index in [1.54, 1.807) is 0 Å². The van der Waals surface area contributed by atoms with Crippen molar-refractivity contribution < 1.29 is 0 Å². The Balaban J connectivity index is 2.14. The molecule has 0 amide bonds. The third-order valence-electron chi connectivity index (χ3n) is 1.98. The van der Waals surface area contributed by atoms with Crippen LogP contribution in [0.3, 0.4) is 0 Å². The van der Waals surface area contributed by atoms with Crippen LogP contribution >= 0.6 is 0 Å². The summed E-state index contributed by atoms with van der Waals surface area (Å²) in [5.74, 6) is 0.903. The molecule has 2 atom stereocenters. The molecular formula is C6H9N. The molecule has 2 aliphatic rings. The van der Waals surface area contributed by atoms with Gasteiger partial charge >= 0.3 is 0 Å². The molecule has 0 spiro atoms. The van der Waals surface area contributed by atoms with E-state index in [0.29, 0.717) is 0 Å². The highest BCUT2D eigenvalue weighted by Gasteiger charge is 2.30. The monoisotopic (exact) mass is 95.1 g/mol. The summed E-state index contributed by atoms with van der Waals surface area (Å²) in [5, 5.41) is 3.28. The van der Waals surface area contributed by atoms with E-state index in [4.69, 9.17) is 0 Å². The minimum Gasteiger partial charge on any atom is -0.388 e. The smallest absolute Gasteiger partial charge is 0.0319 e. The summed E-state index contributed by atoms with van der Waals surface area (Å²) in [6, 6.07) is 0.833. The van der Waals surface area contributed by atoms with Crippen LogP contribution in [0.5, 0.6) is 0 Å². The van der Waals surface area contributed by atoms with E-state index < -0.39 is 0 Å². The molecule has 1 aliphatic carbocycles. The van der Waals surface area contributed by atoms with Gasteiger partial charge in [0.25, 0.3) is 0 Å². The third-order valence-corrected chi connectivity index (χ3v) is 1.98. The summed E-state index contributed by atoms with van der Waals surface area (Å²) in [6.45, 7) is 0. The highest BCUT2D eigenvalue weighted by Crippen LogP contribution is 2.31. The first-order valence-electron chi connectivity index (χ1n) is 2.89. The normalized spacial score (nSPS) is 44.6. The van der Waals surface area contributed by atoms with Gasteiger partial charge in [0.2, 0.25) is 0 Å². The number of rotatable bonds is 0. The maximum atomic E-state index is 3.28. The van der Waals surface area contributed by atoms with E-state index in [-0.39, 0.29) is 0 Å². The Morgan fingerprint density at radius 1 is 1.43 bits per heavy atom. The molecule has 0 saturated heterocycles. The Bertz CT molecular complexity index is 107. The molecule has 1 heterocycles. The molecule has 1 nitrogen and oxygen atoms in total. The van der Waals surface area contributed by atoms with Gasteiger partial charge in [0.15, 0.2) is 0 Å². The fourth-order valence-electron chi connectivity index (χ4n) is 1.27. The summed E-state index contributed by atoms with van der Waals surface area (Å²) in [7, 11) is 0. The Labute approximate surface area is 43.4 Å². The Morgan fingerprint density at radius 2 is 2.43 bits per heavy atom. The predicted octanol–water partition coefficient (Wildman–Crippen LogP) is 0.882. The molecule has 1 heteroatoms. The minimum absolute atomic E-state index is 0.833. The largest absolute Gasteiger partial charge is 0.388 e. The molecule has 0 aromatic heterocycles. The lowest BCUT2D eigenvalue weighted by atomic mass is 9.82. The Kier molecular flexibility index (Phi) is 0.518. The second-order valence-electron chi connectivity index (χ2n) is 2.37. The van der Waals surface area contributed by atoms with Crippen molar-refractivity contribution in [2.24, 2.45) is 5.92 Å². The lowest BCUT2D eigenvalue weighted by molar-refractivity contribution is 0.306. The van der Waals surface area contributed by atoms with Crippen molar-refractivity contribution in [2.75, 3.05) is 0 Å². The Hall–Kier alpha value is -0.460. The zero-order chi connectivity index (χ0) is 4.69. The molecule has 7 heavy (non-hydrogen) atoms. The van der Waals surface area contributed by atoms with Crippen LogP contribution in [0.1, 0.15) is 12.8 Å². The van der Waals surface area contributed by atoms with Crippen molar-refractivity contribution in [1.82, 2.24) is 5.32 Å². The highest BCUT2D eigenvalue weighted by atomic mass is 14.9. The van der Waals surface area contributed by atoms with E-state index in [1.165, 1.54) is 12.8 Å². The Morgan fingerprint density at radius 3 is 2.71 bits per heavy atom. The van der Waals surface area contributed by atoms with Crippen LogP contribution in [0, 0.1) is 5.92 Å². The molecule has 1 N–H and O–H groups in total. The standard InChI is InChI=1S/C6H9N/c1-2-6-5(1)3-4-7-6/h3-7H,1-2H2. The van der Waals surface area contributed by atoms with Crippen molar-refractivity contribution in [2.45, 2.75) is 18.9 Å². The highest BCUT2D eigenvalue weighted by molar-refractivity contribution is 5.07. The van der Waals surface area contributed by atoms with Gasteiger partial charge in [-0.15, -0.1) is 0 Å². The van der Waals surface area contributed by atoms with Gasteiger partial charge < -0.3 is 5.32 Å². The van der Waals surface area contributed by atoms with E-state index in [1.807, 2.05) is 0 Å². The first-order chi connectivity index (χ1) is 3.47. The van der Waals surface area contributed by atoms with Gasteiger partial charge in [-0.1, -0.05) is 6.08 Å². The van der Waals surface area contributed by atoms with Crippen LogP contribution in [0.15, 0.2) is 12.3 Å². The summed E-state index contributed by atoms with van der Waals surface area (Å²) in [5.41, 5.74) is 0. The molecule has 0 radical (unpaired) electrons. The van der Waals surface area contributed by atoms with Crippen LogP contribution < -0.4 is 5.32 Å². The third kappa shape index (κ3) is 0.328. The fourth-order valence-corrected chi connectivity index (χ4v) is 1.27. The van der Waals surface area contributed by atoms with Gasteiger partial charge in [0.05, 0.1) is 0 Å². The van der Waals surface area contributed by atoms with E-state index in [9.17, 15) is 0 Å². The molecular weight excluding hydrogens is 86.1 g/mol. The molecule has 1 fully saturated rings. The first-order valence-corrected chi connectivity index (χ1v) is 2.89. The second-order valence-corrected chi connectivity index (χ2v) is 2.37. The molecule has 2 unspecified atom stereocenters. The van der Waals surface area contributed by atoms with Gasteiger partial charge in [-0.25, -0.2) is 0 Å². The van der Waals surface area contributed by atoms with E-state index in [2.05, 4.69) is 17.6 Å². The van der Waals surface area contributed by atoms with Crippen molar-refractivity contribution in [3.05, 3.63) is 12.3 Å². The number of hydrogen-bond acceptors (Lipinski definition) is 1. The van der Waals surface area contributed by atoms with Gasteiger partial charge in [0, 0.05) is 6.04 Å². The van der Waals surface area contributed by atoms with Gasteiger partial charge in [-0.2, -0.15) is 0 Å². The van der Waals surface area contributed by atoms with Crippen molar-refractivity contribution in [3.8, 4) is 0 Å². The average Bonchev–Trinajstić information content (AvgIpc) is 1.85. The number of hydrogen-bond donors (Lipinski definition) is 1. The zero-order valence-electron chi connectivity index (χ0n) is 4.22. The molecule has 0 aromatic rings. The first kappa shape index (κ1) is 3.53. The fraction of sp³-hybridized carbons (Fsp3) is 0.667. The molecule has 38 valence electrons. The van der Waals surface area contributed by atoms with Gasteiger partial charge in [-0.05, 0) is 25.0 Å². The minimum atomic E-state index is 0.833. The van der Waals surface area contributed by atoms with E-state index >= 15 is 0 Å². The van der Waals surface area contributed by atoms with Crippen molar-refractivity contribution in [1.29, 1.82) is 0 Å². The average molecular weight is 95.1 g/mol. The molecule has 0 bridgehead atoms. The molecule has 2 rings (SSSR count). The van der Waals surface area contributed by atoms with E-state index in [0.717, 1.165) is 12.0 Å². The van der Waals surface area contributed by atoms with Crippen LogP contribution in [0.25, 0.3) is 0 Å². The van der Waals surface area contributed by atoms with Gasteiger partial charge in [0.1, 0.15) is 0 Å². The summed E-state index contributed by atoms with van der Waals surface area (Å²) < 4.78 is 0. The van der Waals surface area contributed by atoms with Crippen LogP contribution in [0.4, 0.5) is 0 Å². The van der Waals surface area contributed by atoms with Crippen LogP contribution in [0.2, 0.25) is 0 Å². The van der Waals surface area contributed by atoms with Crippen LogP contribution in [-0.2, 0) is 0 Å². The summed E-state index contributed by atoms with van der Waals surface area (Å²) in [6.07, 6.45) is 7.16. The molecule has 1 aliphatic heterocycles. The summed E-state index contributed by atoms with van der Waals surface area (Å²) in [4.78, 5) is 0. The number of fused-ring (bicyclic) bond motifs is 1. The van der Waals surface area contributed by atoms with Crippen molar-refractivity contribution >= 4 is 0 Å². The van der Waals surface area contributed by atoms with Gasteiger partial charge in [-0.3, -0.25) is 0 Å². The maximum Gasteiger partial charge on any atom is 0.0319 e. The maximum absolute atomic E-state index is 3.28. The molecule has 1 saturated carbocycles. The predicted molar refractivity (Wildman–Crippen MR) is 28.8 cm³/mol. The SMILES string of the molecule is C1=CC2CCC2N1. The lowest BCUT2D eigenvalue weighted by Gasteiger charge is -2.29. The number of nitrogens with one attached hydrogen (secondary N) is 1. The lowest BCUT2D eigenvalue weighted by Crippen LogP contribution is -2.35. The summed E-state index contributed by atoms with van der Waals surface area (Å²) >= 11 is 0.